The van der Waals surface area contributed by atoms with Gasteiger partial charge in [-0.2, -0.15) is 0 Å². The lowest BCUT2D eigenvalue weighted by Crippen LogP contribution is -2.48. The number of nitrogens with zero attached hydrogens (tertiary/aromatic N) is 5. The number of aromatic nitrogens is 4. The Bertz CT molecular complexity index is 1130. The monoisotopic (exact) mass is 408 g/mol. The highest BCUT2D eigenvalue weighted by Gasteiger charge is 2.53. The fraction of sp³-hybridized carbons (Fsp3) is 0.300. The van der Waals surface area contributed by atoms with Gasteiger partial charge in [0.05, 0.1) is 12.1 Å². The van der Waals surface area contributed by atoms with E-state index in [-0.39, 0.29) is 41.8 Å². The first-order valence-electron chi connectivity index (χ1n) is 9.47. The molecule has 0 radical (unpaired) electrons. The maximum atomic E-state index is 13.0. The van der Waals surface area contributed by atoms with Crippen molar-refractivity contribution in [3.05, 3.63) is 65.5 Å². The van der Waals surface area contributed by atoms with Crippen LogP contribution in [0.4, 0.5) is 10.2 Å². The third kappa shape index (κ3) is 3.19. The molecule has 1 aliphatic carbocycles. The van der Waals surface area contributed by atoms with Crippen molar-refractivity contribution in [1.29, 1.82) is 0 Å². The molecule has 0 spiro atoms. The number of halogens is 1. The second-order valence-electron chi connectivity index (χ2n) is 7.42. The third-order valence-corrected chi connectivity index (χ3v) is 5.46. The summed E-state index contributed by atoms with van der Waals surface area (Å²) in [6.07, 6.45) is 4.16. The van der Waals surface area contributed by atoms with Crippen LogP contribution in [-0.2, 0) is 11.2 Å². The van der Waals surface area contributed by atoms with E-state index in [2.05, 4.69) is 25.5 Å². The van der Waals surface area contributed by atoms with E-state index < -0.39 is 11.9 Å². The van der Waals surface area contributed by atoms with Gasteiger partial charge in [0, 0.05) is 25.4 Å². The molecule has 1 saturated carbocycles. The molecular formula is C20H17FN6O3. The molecule has 30 heavy (non-hydrogen) atoms. The summed E-state index contributed by atoms with van der Waals surface area (Å²) in [4.78, 5) is 35.7. The summed E-state index contributed by atoms with van der Waals surface area (Å²) in [5.74, 6) is -0.676. The maximum Gasteiger partial charge on any atom is 0.309 e. The Hall–Kier alpha value is -3.69. The highest BCUT2D eigenvalue weighted by molar-refractivity contribution is 6.02. The van der Waals surface area contributed by atoms with E-state index in [9.17, 15) is 14.0 Å². The largest absolute Gasteiger partial charge is 0.417 e. The molecule has 0 saturated heterocycles. The van der Waals surface area contributed by atoms with Gasteiger partial charge in [-0.25, -0.2) is 9.37 Å². The molecule has 10 heteroatoms. The Labute approximate surface area is 170 Å². The van der Waals surface area contributed by atoms with Gasteiger partial charge in [0.1, 0.15) is 11.9 Å². The van der Waals surface area contributed by atoms with Gasteiger partial charge < -0.3 is 9.73 Å². The van der Waals surface area contributed by atoms with E-state index in [1.54, 1.807) is 31.6 Å². The zero-order valence-corrected chi connectivity index (χ0v) is 15.9. The Morgan fingerprint density at radius 2 is 2.00 bits per heavy atom. The molecule has 5 rings (SSSR count). The highest BCUT2D eigenvalue weighted by atomic mass is 19.1. The summed E-state index contributed by atoms with van der Waals surface area (Å²) in [7, 11) is 1.62. The summed E-state index contributed by atoms with van der Waals surface area (Å²) in [5, 5.41) is 10.4. The smallest absolute Gasteiger partial charge is 0.309 e. The minimum Gasteiger partial charge on any atom is -0.417 e. The van der Waals surface area contributed by atoms with E-state index >= 15 is 0 Å². The number of amides is 2. The van der Waals surface area contributed by atoms with Crippen LogP contribution in [-0.4, -0.2) is 45.1 Å². The lowest BCUT2D eigenvalue weighted by atomic mass is 10.1. The quantitative estimate of drug-likeness (QED) is 0.695. The number of fused-ring (bicyclic) bond motifs is 3. The molecule has 0 bridgehead atoms. The topological polar surface area (TPSA) is 114 Å². The molecule has 2 amide bonds. The van der Waals surface area contributed by atoms with Gasteiger partial charge in [-0.15, -0.1) is 10.2 Å². The number of hydrogen-bond donors (Lipinski definition) is 1. The van der Waals surface area contributed by atoms with Gasteiger partial charge in [0.15, 0.2) is 5.82 Å². The minimum atomic E-state index is -0.726. The fourth-order valence-electron chi connectivity index (χ4n) is 3.82. The number of anilines is 1. The second kappa shape index (κ2) is 6.97. The van der Waals surface area contributed by atoms with Crippen LogP contribution in [0.15, 0.2) is 41.1 Å². The van der Waals surface area contributed by atoms with Crippen LogP contribution < -0.4 is 10.2 Å². The number of carbonyl (C=O) groups excluding carboxylic acids is 2. The second-order valence-corrected chi connectivity index (χ2v) is 7.42. The molecule has 2 aromatic heterocycles. The molecule has 2 unspecified atom stereocenters. The molecule has 1 N–H and O–H groups in total. The van der Waals surface area contributed by atoms with E-state index in [1.807, 2.05) is 0 Å². The third-order valence-electron chi connectivity index (χ3n) is 5.46. The van der Waals surface area contributed by atoms with E-state index in [4.69, 9.17) is 4.42 Å². The van der Waals surface area contributed by atoms with Gasteiger partial charge in [0.25, 0.3) is 5.91 Å². The number of rotatable bonds is 4. The standard InChI is InChI=1S/C20H17FN6O3/c1-27-17-15(22-6-7-23-17)12-9-13(12)16(20(27)29)24-18(28)19-26-25-14(30-19)8-10-2-4-11(21)5-3-10/h2-7,12-13,16H,8-9H2,1H3,(H,24,28)/t12?,13?,16-/m0/s1. The fourth-order valence-corrected chi connectivity index (χ4v) is 3.82. The van der Waals surface area contributed by atoms with Crippen LogP contribution in [0.2, 0.25) is 0 Å². The minimum absolute atomic E-state index is 0.0524. The highest BCUT2D eigenvalue weighted by Crippen LogP contribution is 2.53. The number of nitrogens with one attached hydrogen (secondary N) is 1. The van der Waals surface area contributed by atoms with Gasteiger partial charge in [-0.05, 0) is 30.0 Å². The van der Waals surface area contributed by atoms with Crippen LogP contribution in [0.5, 0.6) is 0 Å². The first kappa shape index (κ1) is 18.3. The van der Waals surface area contributed by atoms with Crippen molar-refractivity contribution in [2.24, 2.45) is 5.92 Å². The molecule has 3 heterocycles. The van der Waals surface area contributed by atoms with Crippen molar-refractivity contribution in [3.8, 4) is 0 Å². The molecule has 1 aromatic carbocycles. The molecule has 152 valence electrons. The van der Waals surface area contributed by atoms with Crippen LogP contribution in [0.25, 0.3) is 0 Å². The van der Waals surface area contributed by atoms with Crippen molar-refractivity contribution in [2.75, 3.05) is 11.9 Å². The van der Waals surface area contributed by atoms with Crippen molar-refractivity contribution < 1.29 is 18.4 Å². The normalized spacial score (nSPS) is 22.1. The Kier molecular flexibility index (Phi) is 4.27. The number of likely N-dealkylation sites (N-methyl/N-ethyl adjacent to an activating group) is 1. The maximum absolute atomic E-state index is 13.0. The summed E-state index contributed by atoms with van der Waals surface area (Å²) in [6, 6.07) is 5.15. The van der Waals surface area contributed by atoms with Crippen molar-refractivity contribution in [2.45, 2.75) is 24.8 Å². The average molecular weight is 408 g/mol. The van der Waals surface area contributed by atoms with Gasteiger partial charge >= 0.3 is 11.8 Å². The predicted octanol–water partition coefficient (Wildman–Crippen LogP) is 1.47. The van der Waals surface area contributed by atoms with Crippen LogP contribution >= 0.6 is 0 Å². The number of benzene rings is 1. The van der Waals surface area contributed by atoms with Gasteiger partial charge in [0.2, 0.25) is 5.89 Å². The predicted molar refractivity (Wildman–Crippen MR) is 101 cm³/mol. The molecule has 3 aromatic rings. The zero-order chi connectivity index (χ0) is 20.8. The van der Waals surface area contributed by atoms with E-state index in [0.717, 1.165) is 17.7 Å². The van der Waals surface area contributed by atoms with E-state index in [0.29, 0.717) is 5.82 Å². The average Bonchev–Trinajstić information content (AvgIpc) is 3.42. The Balaban J connectivity index is 1.31. The Morgan fingerprint density at radius 3 is 2.80 bits per heavy atom. The van der Waals surface area contributed by atoms with Crippen LogP contribution in [0.3, 0.4) is 0 Å². The van der Waals surface area contributed by atoms with Crippen molar-refractivity contribution in [3.63, 3.8) is 0 Å². The van der Waals surface area contributed by atoms with Crippen LogP contribution in [0, 0.1) is 11.7 Å². The molecule has 3 atom stereocenters. The number of hydrogen-bond acceptors (Lipinski definition) is 7. The summed E-state index contributed by atoms with van der Waals surface area (Å²) < 4.78 is 18.5. The van der Waals surface area contributed by atoms with Gasteiger partial charge in [-0.3, -0.25) is 19.5 Å². The van der Waals surface area contributed by atoms with Crippen molar-refractivity contribution in [1.82, 2.24) is 25.5 Å². The van der Waals surface area contributed by atoms with Crippen molar-refractivity contribution >= 4 is 17.6 Å². The molecule has 1 fully saturated rings. The summed E-state index contributed by atoms with van der Waals surface area (Å²) >= 11 is 0. The molecule has 1 aliphatic heterocycles. The Morgan fingerprint density at radius 1 is 1.23 bits per heavy atom. The summed E-state index contributed by atoms with van der Waals surface area (Å²) in [6.45, 7) is 0. The first-order valence-corrected chi connectivity index (χ1v) is 9.47. The summed E-state index contributed by atoms with van der Waals surface area (Å²) in [5.41, 5.74) is 1.54. The first-order chi connectivity index (χ1) is 14.5. The molecular weight excluding hydrogens is 391 g/mol. The van der Waals surface area contributed by atoms with Gasteiger partial charge in [-0.1, -0.05) is 12.1 Å². The number of carbonyl (C=O) groups is 2. The van der Waals surface area contributed by atoms with E-state index in [1.165, 1.54) is 17.0 Å². The lowest BCUT2D eigenvalue weighted by Gasteiger charge is -2.21. The van der Waals surface area contributed by atoms with Crippen LogP contribution in [0.1, 0.15) is 40.2 Å². The molecule has 9 nitrogen and oxygen atoms in total. The molecule has 2 aliphatic rings. The lowest BCUT2D eigenvalue weighted by molar-refractivity contribution is -0.120. The zero-order valence-electron chi connectivity index (χ0n) is 15.9. The SMILES string of the molecule is CN1C(=O)[C@@H](NC(=O)c2nnc(Cc3ccc(F)cc3)o2)C2CC2c2nccnc21.